The van der Waals surface area contributed by atoms with Crippen molar-refractivity contribution in [3.05, 3.63) is 30.1 Å². The second kappa shape index (κ2) is 6.36. The van der Waals surface area contributed by atoms with Crippen LogP contribution in [0.2, 0.25) is 0 Å². The number of ether oxygens (including phenoxy) is 1. The Morgan fingerprint density at radius 1 is 1.32 bits per heavy atom. The van der Waals surface area contributed by atoms with E-state index in [4.69, 9.17) is 4.74 Å². The van der Waals surface area contributed by atoms with E-state index < -0.39 is 10.0 Å². The van der Waals surface area contributed by atoms with E-state index in [0.717, 1.165) is 23.4 Å². The van der Waals surface area contributed by atoms with Crippen molar-refractivity contribution in [3.8, 4) is 0 Å². The van der Waals surface area contributed by atoms with E-state index in [0.29, 0.717) is 26.1 Å². The molecule has 3 rings (SSSR count). The smallest absolute Gasteiger partial charge is 0.215 e. The highest BCUT2D eigenvalue weighted by atomic mass is 32.2. The first-order valence-corrected chi connectivity index (χ1v) is 9.17. The lowest BCUT2D eigenvalue weighted by molar-refractivity contribution is 0.0981. The van der Waals surface area contributed by atoms with Crippen LogP contribution < -0.4 is 4.72 Å². The number of imidazole rings is 1. The molecule has 2 heterocycles. The van der Waals surface area contributed by atoms with Crippen LogP contribution in [0.4, 0.5) is 0 Å². The Kier molecular flexibility index (Phi) is 4.46. The molecule has 1 N–H and O–H groups in total. The number of para-hydroxylation sites is 2. The Morgan fingerprint density at radius 3 is 2.77 bits per heavy atom. The van der Waals surface area contributed by atoms with Crippen molar-refractivity contribution in [2.75, 3.05) is 13.2 Å². The van der Waals surface area contributed by atoms with Gasteiger partial charge in [-0.05, 0) is 31.9 Å². The summed E-state index contributed by atoms with van der Waals surface area (Å²) in [6, 6.07) is 7.84. The fraction of sp³-hybridized carbons (Fsp3) is 0.533. The number of hydrogen-bond acceptors (Lipinski definition) is 4. The summed E-state index contributed by atoms with van der Waals surface area (Å²) in [5.74, 6) is 0.749. The predicted molar refractivity (Wildman–Crippen MR) is 85.0 cm³/mol. The average molecular weight is 323 g/mol. The van der Waals surface area contributed by atoms with Gasteiger partial charge in [0.15, 0.2) is 0 Å². The number of rotatable bonds is 5. The quantitative estimate of drug-likeness (QED) is 0.908. The topological polar surface area (TPSA) is 73.2 Å². The lowest BCUT2D eigenvalue weighted by Crippen LogP contribution is -2.38. The van der Waals surface area contributed by atoms with Crippen molar-refractivity contribution in [2.24, 2.45) is 0 Å². The summed E-state index contributed by atoms with van der Waals surface area (Å²) < 4.78 is 34.7. The SMILES string of the molecule is CCn1c(CNS(=O)(=O)C2CCOCC2)nc2ccccc21. The lowest BCUT2D eigenvalue weighted by atomic mass is 10.2. The Hall–Kier alpha value is -1.44. The lowest BCUT2D eigenvalue weighted by Gasteiger charge is -2.22. The van der Waals surface area contributed by atoms with Gasteiger partial charge in [-0.1, -0.05) is 12.1 Å². The third-order valence-corrected chi connectivity index (χ3v) is 5.98. The number of sulfonamides is 1. The molecule has 0 aliphatic carbocycles. The van der Waals surface area contributed by atoms with E-state index >= 15 is 0 Å². The fourth-order valence-corrected chi connectivity index (χ4v) is 4.26. The van der Waals surface area contributed by atoms with E-state index in [1.807, 2.05) is 35.8 Å². The Morgan fingerprint density at radius 2 is 2.05 bits per heavy atom. The second-order valence-corrected chi connectivity index (χ2v) is 7.48. The molecule has 1 aromatic heterocycles. The molecule has 1 fully saturated rings. The van der Waals surface area contributed by atoms with Gasteiger partial charge in [0.05, 0.1) is 22.8 Å². The molecule has 0 bridgehead atoms. The molecule has 0 saturated carbocycles. The number of hydrogen-bond donors (Lipinski definition) is 1. The molecule has 0 atom stereocenters. The number of nitrogens with zero attached hydrogens (tertiary/aromatic N) is 2. The molecule has 22 heavy (non-hydrogen) atoms. The summed E-state index contributed by atoms with van der Waals surface area (Å²) in [5, 5.41) is -0.360. The van der Waals surface area contributed by atoms with Gasteiger partial charge in [0.1, 0.15) is 5.82 Å². The molecule has 0 unspecified atom stereocenters. The van der Waals surface area contributed by atoms with Crippen molar-refractivity contribution in [3.63, 3.8) is 0 Å². The zero-order valence-corrected chi connectivity index (χ0v) is 13.5. The standard InChI is InChI=1S/C15H21N3O3S/c1-2-18-14-6-4-3-5-13(14)17-15(18)11-16-22(19,20)12-7-9-21-10-8-12/h3-6,12,16H,2,7-11H2,1H3. The predicted octanol–water partition coefficient (Wildman–Crippen LogP) is 1.65. The van der Waals surface area contributed by atoms with E-state index in [9.17, 15) is 8.42 Å². The zero-order valence-electron chi connectivity index (χ0n) is 12.7. The fourth-order valence-electron chi connectivity index (χ4n) is 2.88. The maximum Gasteiger partial charge on any atom is 0.215 e. The van der Waals surface area contributed by atoms with Crippen molar-refractivity contribution >= 4 is 21.1 Å². The maximum atomic E-state index is 12.4. The van der Waals surface area contributed by atoms with Crippen LogP contribution in [-0.2, 0) is 27.8 Å². The normalized spacial score (nSPS) is 17.1. The first-order chi connectivity index (χ1) is 10.6. The van der Waals surface area contributed by atoms with Crippen molar-refractivity contribution in [1.82, 2.24) is 14.3 Å². The third kappa shape index (κ3) is 3.02. The summed E-state index contributed by atoms with van der Waals surface area (Å²) in [6.07, 6.45) is 1.11. The van der Waals surface area contributed by atoms with Gasteiger partial charge in [-0.25, -0.2) is 18.1 Å². The van der Waals surface area contributed by atoms with Gasteiger partial charge in [0, 0.05) is 19.8 Å². The van der Waals surface area contributed by atoms with Crippen LogP contribution in [-0.4, -0.2) is 36.4 Å². The van der Waals surface area contributed by atoms with E-state index in [1.54, 1.807) is 0 Å². The zero-order chi connectivity index (χ0) is 15.6. The highest BCUT2D eigenvalue weighted by Crippen LogP contribution is 2.18. The summed E-state index contributed by atoms with van der Waals surface area (Å²) in [7, 11) is -3.33. The summed E-state index contributed by atoms with van der Waals surface area (Å²) >= 11 is 0. The van der Waals surface area contributed by atoms with Gasteiger partial charge in [0.2, 0.25) is 10.0 Å². The molecular weight excluding hydrogens is 302 g/mol. The molecular formula is C15H21N3O3S. The highest BCUT2D eigenvalue weighted by molar-refractivity contribution is 7.90. The van der Waals surface area contributed by atoms with Gasteiger partial charge in [0.25, 0.3) is 0 Å². The molecule has 2 aromatic rings. The van der Waals surface area contributed by atoms with Crippen LogP contribution in [0.15, 0.2) is 24.3 Å². The van der Waals surface area contributed by atoms with E-state index in [1.165, 1.54) is 0 Å². The van der Waals surface area contributed by atoms with Crippen LogP contribution in [0.25, 0.3) is 11.0 Å². The molecule has 0 spiro atoms. The second-order valence-electron chi connectivity index (χ2n) is 5.44. The number of fused-ring (bicyclic) bond motifs is 1. The molecule has 0 radical (unpaired) electrons. The molecule has 120 valence electrons. The summed E-state index contributed by atoms with van der Waals surface area (Å²) in [6.45, 7) is 4.04. The first kappa shape index (κ1) is 15.5. The average Bonchev–Trinajstić information content (AvgIpc) is 2.91. The van der Waals surface area contributed by atoms with Crippen LogP contribution in [0.1, 0.15) is 25.6 Å². The van der Waals surface area contributed by atoms with Crippen LogP contribution in [0.3, 0.4) is 0 Å². The minimum Gasteiger partial charge on any atom is -0.381 e. The summed E-state index contributed by atoms with van der Waals surface area (Å²) in [5.41, 5.74) is 1.93. The van der Waals surface area contributed by atoms with Crippen molar-refractivity contribution < 1.29 is 13.2 Å². The number of nitrogens with one attached hydrogen (secondary N) is 1. The van der Waals surface area contributed by atoms with Crippen LogP contribution in [0.5, 0.6) is 0 Å². The van der Waals surface area contributed by atoms with Crippen molar-refractivity contribution in [2.45, 2.75) is 38.1 Å². The van der Waals surface area contributed by atoms with Crippen LogP contribution >= 0.6 is 0 Å². The third-order valence-electron chi connectivity index (χ3n) is 4.09. The minimum absolute atomic E-state index is 0.224. The van der Waals surface area contributed by atoms with Crippen LogP contribution in [0, 0.1) is 0 Å². The van der Waals surface area contributed by atoms with E-state index in [-0.39, 0.29) is 11.8 Å². The van der Waals surface area contributed by atoms with E-state index in [2.05, 4.69) is 9.71 Å². The highest BCUT2D eigenvalue weighted by Gasteiger charge is 2.27. The summed E-state index contributed by atoms with van der Waals surface area (Å²) in [4.78, 5) is 4.54. The molecule has 1 aliphatic heterocycles. The Balaban J connectivity index is 1.78. The van der Waals surface area contributed by atoms with Gasteiger partial charge in [-0.2, -0.15) is 0 Å². The van der Waals surface area contributed by atoms with Crippen molar-refractivity contribution in [1.29, 1.82) is 0 Å². The largest absolute Gasteiger partial charge is 0.381 e. The number of aryl methyl sites for hydroxylation is 1. The Bertz CT molecular complexity index is 748. The maximum absolute atomic E-state index is 12.4. The molecule has 7 heteroatoms. The van der Waals surface area contributed by atoms with Gasteiger partial charge in [-0.3, -0.25) is 0 Å². The first-order valence-electron chi connectivity index (χ1n) is 7.62. The minimum atomic E-state index is -3.33. The van der Waals surface area contributed by atoms with Gasteiger partial charge < -0.3 is 9.30 Å². The molecule has 0 amide bonds. The van der Waals surface area contributed by atoms with Gasteiger partial charge in [-0.15, -0.1) is 0 Å². The monoisotopic (exact) mass is 323 g/mol. The molecule has 1 aliphatic rings. The number of aromatic nitrogens is 2. The van der Waals surface area contributed by atoms with Gasteiger partial charge >= 0.3 is 0 Å². The molecule has 1 saturated heterocycles. The molecule has 6 nitrogen and oxygen atoms in total. The molecule has 1 aromatic carbocycles. The Labute approximate surface area is 130 Å². The number of benzene rings is 1.